The fourth-order valence-corrected chi connectivity index (χ4v) is 5.23. The van der Waals surface area contributed by atoms with Gasteiger partial charge in [0.1, 0.15) is 0 Å². The molecule has 1 unspecified atom stereocenters. The molecule has 13 heavy (non-hydrogen) atoms. The number of thiol groups is 1. The molecule has 0 rings (SSSR count). The lowest BCUT2D eigenvalue weighted by Gasteiger charge is -2.14. The average molecular weight is 238 g/mol. The van der Waals surface area contributed by atoms with Crippen LogP contribution in [-0.2, 0) is 9.09 Å². The fourth-order valence-electron chi connectivity index (χ4n) is 0.783. The van der Waals surface area contributed by atoms with E-state index in [1.54, 1.807) is 6.92 Å². The molecule has 0 heterocycles. The van der Waals surface area contributed by atoms with E-state index >= 15 is 0 Å². The molecule has 0 amide bonds. The van der Waals surface area contributed by atoms with E-state index in [4.69, 9.17) is 10.9 Å². The second-order valence-corrected chi connectivity index (χ2v) is 8.88. The molecule has 0 aromatic carbocycles. The van der Waals surface area contributed by atoms with Gasteiger partial charge in [0.2, 0.25) is 0 Å². The van der Waals surface area contributed by atoms with Gasteiger partial charge in [0.05, 0.1) is 11.9 Å². The summed E-state index contributed by atoms with van der Waals surface area (Å²) >= 11 is 5.11. The first-order valence-electron chi connectivity index (χ1n) is 4.17. The SMILES string of the molecule is C#C[C@H](CCC)SP(=O)(S)OCC. The zero-order valence-corrected chi connectivity index (χ0v) is 10.5. The second-order valence-electron chi connectivity index (χ2n) is 2.44. The third-order valence-electron chi connectivity index (χ3n) is 1.29. The van der Waals surface area contributed by atoms with Crippen LogP contribution in [0.15, 0.2) is 0 Å². The average Bonchev–Trinajstić information content (AvgIpc) is 2.03. The molecule has 0 aromatic heterocycles. The molecular weight excluding hydrogens is 223 g/mol. The van der Waals surface area contributed by atoms with Gasteiger partial charge in [-0.3, -0.25) is 4.57 Å². The van der Waals surface area contributed by atoms with Crippen molar-refractivity contribution >= 4 is 29.4 Å². The van der Waals surface area contributed by atoms with E-state index in [-0.39, 0.29) is 5.25 Å². The van der Waals surface area contributed by atoms with Crippen LogP contribution in [0, 0.1) is 12.3 Å². The van der Waals surface area contributed by atoms with Crippen LogP contribution in [0.25, 0.3) is 0 Å². The molecule has 0 aliphatic heterocycles. The van der Waals surface area contributed by atoms with Crippen LogP contribution in [0.3, 0.4) is 0 Å². The highest BCUT2D eigenvalue weighted by Gasteiger charge is 2.22. The van der Waals surface area contributed by atoms with Crippen LogP contribution in [-0.4, -0.2) is 11.9 Å². The van der Waals surface area contributed by atoms with Crippen LogP contribution >= 0.6 is 29.4 Å². The minimum atomic E-state index is -2.83. The van der Waals surface area contributed by atoms with Crippen molar-refractivity contribution in [2.75, 3.05) is 6.61 Å². The Morgan fingerprint density at radius 2 is 2.31 bits per heavy atom. The molecule has 0 radical (unpaired) electrons. The highest BCUT2D eigenvalue weighted by Crippen LogP contribution is 2.65. The van der Waals surface area contributed by atoms with Crippen LogP contribution in [0.1, 0.15) is 26.7 Å². The molecule has 0 aliphatic rings. The topological polar surface area (TPSA) is 26.3 Å². The number of rotatable bonds is 6. The molecule has 2 atom stereocenters. The molecule has 5 heteroatoms. The lowest BCUT2D eigenvalue weighted by Crippen LogP contribution is -1.97. The van der Waals surface area contributed by atoms with Gasteiger partial charge in [-0.05, 0) is 24.7 Å². The molecule has 0 spiro atoms. The Kier molecular flexibility index (Phi) is 7.07. The Morgan fingerprint density at radius 1 is 1.69 bits per heavy atom. The van der Waals surface area contributed by atoms with Crippen molar-refractivity contribution < 1.29 is 9.09 Å². The minimum absolute atomic E-state index is 0.0557. The van der Waals surface area contributed by atoms with E-state index in [1.165, 1.54) is 0 Å². The maximum absolute atomic E-state index is 11.6. The largest absolute Gasteiger partial charge is 0.314 e. The first kappa shape index (κ1) is 13.4. The summed E-state index contributed by atoms with van der Waals surface area (Å²) < 4.78 is 16.6. The molecule has 0 saturated carbocycles. The minimum Gasteiger partial charge on any atom is -0.314 e. The van der Waals surface area contributed by atoms with E-state index in [1.807, 2.05) is 6.92 Å². The van der Waals surface area contributed by atoms with Crippen LogP contribution in [0.4, 0.5) is 0 Å². The fraction of sp³-hybridized carbons (Fsp3) is 0.750. The van der Waals surface area contributed by atoms with Gasteiger partial charge >= 0.3 is 5.77 Å². The Morgan fingerprint density at radius 3 is 2.69 bits per heavy atom. The Balaban J connectivity index is 4.07. The normalized spacial score (nSPS) is 17.4. The third-order valence-corrected chi connectivity index (χ3v) is 5.84. The summed E-state index contributed by atoms with van der Waals surface area (Å²) in [4.78, 5) is 0. The summed E-state index contributed by atoms with van der Waals surface area (Å²) in [5.41, 5.74) is 0. The summed E-state index contributed by atoms with van der Waals surface area (Å²) in [7, 11) is 0. The quantitative estimate of drug-likeness (QED) is 0.435. The lowest BCUT2D eigenvalue weighted by molar-refractivity contribution is 0.358. The molecule has 2 nitrogen and oxygen atoms in total. The number of terminal acetylenes is 1. The van der Waals surface area contributed by atoms with Gasteiger partial charge in [-0.2, -0.15) is 0 Å². The van der Waals surface area contributed by atoms with Gasteiger partial charge in [0.15, 0.2) is 0 Å². The van der Waals surface area contributed by atoms with E-state index in [0.29, 0.717) is 6.61 Å². The van der Waals surface area contributed by atoms with Crippen molar-refractivity contribution in [3.05, 3.63) is 0 Å². The predicted molar refractivity (Wildman–Crippen MR) is 63.3 cm³/mol. The van der Waals surface area contributed by atoms with Crippen molar-refractivity contribution in [3.8, 4) is 12.3 Å². The first-order valence-corrected chi connectivity index (χ1v) is 8.43. The van der Waals surface area contributed by atoms with Gasteiger partial charge in [-0.15, -0.1) is 6.42 Å². The zero-order chi connectivity index (χ0) is 10.3. The summed E-state index contributed by atoms with van der Waals surface area (Å²) in [6.07, 6.45) is 7.10. The standard InChI is InChI=1S/C8H15O2PS2/c1-4-7-8(5-2)13-11(9,12)10-6-3/h2,8H,4,6-7H2,1,3H3,(H,9,12)/t8-,11?/m1/s1. The van der Waals surface area contributed by atoms with E-state index in [2.05, 4.69) is 18.2 Å². The monoisotopic (exact) mass is 238 g/mol. The highest BCUT2D eigenvalue weighted by molar-refractivity contribution is 8.84. The van der Waals surface area contributed by atoms with E-state index < -0.39 is 5.77 Å². The van der Waals surface area contributed by atoms with Crippen molar-refractivity contribution in [3.63, 3.8) is 0 Å². The van der Waals surface area contributed by atoms with E-state index in [9.17, 15) is 4.57 Å². The zero-order valence-electron chi connectivity index (χ0n) is 7.90. The van der Waals surface area contributed by atoms with Crippen LogP contribution < -0.4 is 0 Å². The van der Waals surface area contributed by atoms with Crippen molar-refractivity contribution in [2.24, 2.45) is 0 Å². The van der Waals surface area contributed by atoms with Gasteiger partial charge in [-0.1, -0.05) is 31.5 Å². The number of hydrogen-bond donors (Lipinski definition) is 1. The van der Waals surface area contributed by atoms with E-state index in [0.717, 1.165) is 24.2 Å². The van der Waals surface area contributed by atoms with Crippen LogP contribution in [0.5, 0.6) is 0 Å². The van der Waals surface area contributed by atoms with Gasteiger partial charge in [0.25, 0.3) is 0 Å². The smallest absolute Gasteiger partial charge is 0.311 e. The molecule has 0 N–H and O–H groups in total. The molecule has 0 fully saturated rings. The van der Waals surface area contributed by atoms with Crippen molar-refractivity contribution in [1.29, 1.82) is 0 Å². The number of hydrogen-bond acceptors (Lipinski definition) is 3. The Hall–Kier alpha value is 0.450. The van der Waals surface area contributed by atoms with Gasteiger partial charge < -0.3 is 4.52 Å². The molecule has 0 aliphatic carbocycles. The molecule has 0 aromatic rings. The highest BCUT2D eigenvalue weighted by atomic mass is 33.1. The summed E-state index contributed by atoms with van der Waals surface area (Å²) in [5, 5.41) is -0.0557. The summed E-state index contributed by atoms with van der Waals surface area (Å²) in [6, 6.07) is 0. The first-order chi connectivity index (χ1) is 6.05. The predicted octanol–water partition coefficient (Wildman–Crippen LogP) is 3.60. The maximum Gasteiger partial charge on any atom is 0.311 e. The van der Waals surface area contributed by atoms with Crippen LogP contribution in [0.2, 0.25) is 0 Å². The molecule has 0 bridgehead atoms. The Bertz CT molecular complexity index is 225. The molecule has 0 saturated heterocycles. The lowest BCUT2D eigenvalue weighted by atomic mass is 10.2. The Labute approximate surface area is 89.6 Å². The molecular formula is C8H15O2PS2. The summed E-state index contributed by atoms with van der Waals surface area (Å²) in [5.74, 6) is -0.247. The van der Waals surface area contributed by atoms with Gasteiger partial charge in [-0.25, -0.2) is 0 Å². The second kappa shape index (κ2) is 6.84. The third kappa shape index (κ3) is 6.51. The van der Waals surface area contributed by atoms with Crippen molar-refractivity contribution in [2.45, 2.75) is 31.9 Å². The van der Waals surface area contributed by atoms with Gasteiger partial charge in [0, 0.05) is 0 Å². The maximum atomic E-state index is 11.6. The van der Waals surface area contributed by atoms with Crippen molar-refractivity contribution in [1.82, 2.24) is 0 Å². The molecule has 76 valence electrons. The summed E-state index contributed by atoms with van der Waals surface area (Å²) in [6.45, 7) is 4.22.